The van der Waals surface area contributed by atoms with Crippen molar-refractivity contribution in [2.45, 2.75) is 51.0 Å². The standard InChI is InChI=1S/C31H49N5O6/c1-6-7-14-33(16-9-18-36(3,4)5)28(37)21-35-20-24(23-10-11-26-27(19-23)42-22-41-26)29(30(38)39)25(35)12-17-34-15-8-13-32(2)31(34)40/h10-11,19,24-25,29H,6-9,12-18,20-22H2,1-5H3/p+1/t24-,25+,29?/m1/s1. The van der Waals surface area contributed by atoms with Crippen molar-refractivity contribution in [3.05, 3.63) is 23.8 Å². The molecule has 0 radical (unpaired) electrons. The lowest BCUT2D eigenvalue weighted by atomic mass is 9.84. The normalized spacial score (nSPS) is 22.6. The summed E-state index contributed by atoms with van der Waals surface area (Å²) in [6.45, 7) is 7.09. The first kappa shape index (κ1) is 31.9. The van der Waals surface area contributed by atoms with E-state index < -0.39 is 11.9 Å². The first-order valence-electron chi connectivity index (χ1n) is 15.4. The molecule has 0 spiro atoms. The first-order chi connectivity index (χ1) is 20.0. The van der Waals surface area contributed by atoms with Crippen molar-refractivity contribution in [2.75, 3.05) is 87.3 Å². The molecule has 3 heterocycles. The molecule has 0 aliphatic carbocycles. The van der Waals surface area contributed by atoms with E-state index in [0.29, 0.717) is 50.6 Å². The van der Waals surface area contributed by atoms with Gasteiger partial charge in [-0.1, -0.05) is 19.4 Å². The molecule has 234 valence electrons. The van der Waals surface area contributed by atoms with E-state index in [2.05, 4.69) is 33.0 Å². The van der Waals surface area contributed by atoms with E-state index in [1.807, 2.05) is 28.0 Å². The van der Waals surface area contributed by atoms with Crippen molar-refractivity contribution < 1.29 is 33.4 Å². The van der Waals surface area contributed by atoms with Crippen molar-refractivity contribution in [3.63, 3.8) is 0 Å². The Hall–Kier alpha value is -3.05. The largest absolute Gasteiger partial charge is 0.481 e. The first-order valence-corrected chi connectivity index (χ1v) is 15.4. The summed E-state index contributed by atoms with van der Waals surface area (Å²) >= 11 is 0. The Morgan fingerprint density at radius 3 is 2.55 bits per heavy atom. The number of carbonyl (C=O) groups is 3. The number of likely N-dealkylation sites (tertiary alicyclic amines) is 1. The van der Waals surface area contributed by atoms with Gasteiger partial charge in [0, 0.05) is 64.7 Å². The lowest BCUT2D eigenvalue weighted by molar-refractivity contribution is -0.870. The number of nitrogens with zero attached hydrogens (tertiary/aromatic N) is 5. The molecule has 1 aromatic rings. The zero-order chi connectivity index (χ0) is 30.4. The molecule has 2 saturated heterocycles. The minimum atomic E-state index is -0.884. The second-order valence-corrected chi connectivity index (χ2v) is 13.0. The molecule has 0 bridgehead atoms. The molecular weight excluding hydrogens is 538 g/mol. The predicted molar refractivity (Wildman–Crippen MR) is 160 cm³/mol. The molecule has 3 aliphatic rings. The highest BCUT2D eigenvalue weighted by atomic mass is 16.7. The van der Waals surface area contributed by atoms with Crippen molar-refractivity contribution in [1.29, 1.82) is 0 Å². The van der Waals surface area contributed by atoms with Gasteiger partial charge in [0.2, 0.25) is 12.7 Å². The summed E-state index contributed by atoms with van der Waals surface area (Å²) in [5.41, 5.74) is 0.867. The maximum Gasteiger partial charge on any atom is 0.319 e. The van der Waals surface area contributed by atoms with Crippen molar-refractivity contribution in [1.82, 2.24) is 19.6 Å². The molecule has 1 unspecified atom stereocenters. The maximum absolute atomic E-state index is 13.8. The van der Waals surface area contributed by atoms with Gasteiger partial charge in [-0.05, 0) is 37.0 Å². The van der Waals surface area contributed by atoms with Crippen LogP contribution in [0.2, 0.25) is 0 Å². The van der Waals surface area contributed by atoms with E-state index in [0.717, 1.165) is 48.8 Å². The van der Waals surface area contributed by atoms with Crippen molar-refractivity contribution in [2.24, 2.45) is 5.92 Å². The van der Waals surface area contributed by atoms with E-state index in [-0.39, 0.29) is 37.2 Å². The number of aliphatic carboxylic acids is 1. The zero-order valence-corrected chi connectivity index (χ0v) is 26.1. The fourth-order valence-corrected chi connectivity index (χ4v) is 6.48. The summed E-state index contributed by atoms with van der Waals surface area (Å²) in [5, 5.41) is 10.5. The lowest BCUT2D eigenvalue weighted by Crippen LogP contribution is -2.50. The Bertz CT molecular complexity index is 1110. The van der Waals surface area contributed by atoms with Gasteiger partial charge >= 0.3 is 12.0 Å². The van der Waals surface area contributed by atoms with Crippen LogP contribution in [0.4, 0.5) is 4.79 Å². The van der Waals surface area contributed by atoms with Gasteiger partial charge in [-0.15, -0.1) is 0 Å². The average molecular weight is 589 g/mol. The number of amides is 3. The number of ether oxygens (including phenoxy) is 2. The maximum atomic E-state index is 13.8. The van der Waals surface area contributed by atoms with Crippen molar-refractivity contribution in [3.8, 4) is 11.5 Å². The Labute approximate surface area is 250 Å². The van der Waals surface area contributed by atoms with Gasteiger partial charge in [0.1, 0.15) is 0 Å². The van der Waals surface area contributed by atoms with Crippen LogP contribution in [0, 0.1) is 5.92 Å². The predicted octanol–water partition coefficient (Wildman–Crippen LogP) is 2.76. The third kappa shape index (κ3) is 7.86. The van der Waals surface area contributed by atoms with Crippen LogP contribution in [0.3, 0.4) is 0 Å². The topological polar surface area (TPSA) is 103 Å². The number of quaternary nitrogens is 1. The number of carbonyl (C=O) groups excluding carboxylic acids is 2. The molecule has 0 aromatic heterocycles. The Morgan fingerprint density at radius 1 is 1.10 bits per heavy atom. The minimum absolute atomic E-state index is 0.0240. The molecule has 2 fully saturated rings. The van der Waals surface area contributed by atoms with E-state index in [9.17, 15) is 19.5 Å². The Kier molecular flexibility index (Phi) is 10.6. The molecule has 42 heavy (non-hydrogen) atoms. The quantitative estimate of drug-likeness (QED) is 0.334. The van der Waals surface area contributed by atoms with Crippen LogP contribution in [0.15, 0.2) is 18.2 Å². The van der Waals surface area contributed by atoms with Crippen molar-refractivity contribution >= 4 is 17.9 Å². The molecule has 1 N–H and O–H groups in total. The van der Waals surface area contributed by atoms with Gasteiger partial charge in [0.05, 0.1) is 40.2 Å². The number of hydrogen-bond acceptors (Lipinski definition) is 6. The molecule has 3 aliphatic heterocycles. The summed E-state index contributed by atoms with van der Waals surface area (Å²) in [6.07, 6.45) is 4.21. The van der Waals surface area contributed by atoms with Crippen LogP contribution in [0.1, 0.15) is 50.5 Å². The van der Waals surface area contributed by atoms with Crippen LogP contribution < -0.4 is 9.47 Å². The third-order valence-corrected chi connectivity index (χ3v) is 8.80. The second kappa shape index (κ2) is 13.9. The molecule has 4 rings (SSSR count). The molecule has 11 heteroatoms. The van der Waals surface area contributed by atoms with Crippen LogP contribution in [-0.2, 0) is 9.59 Å². The van der Waals surface area contributed by atoms with Gasteiger partial charge in [0.15, 0.2) is 11.5 Å². The number of carboxylic acids is 1. The van der Waals surface area contributed by atoms with Gasteiger partial charge in [-0.2, -0.15) is 0 Å². The van der Waals surface area contributed by atoms with Gasteiger partial charge in [-0.25, -0.2) is 4.79 Å². The summed E-state index contributed by atoms with van der Waals surface area (Å²) in [5.74, 6) is -0.618. The monoisotopic (exact) mass is 588 g/mol. The minimum Gasteiger partial charge on any atom is -0.481 e. The SMILES string of the molecule is CCCCN(CCC[N+](C)(C)C)C(=O)CN1C[C@H](c2ccc3c(c2)OCO3)C(C(=O)O)[C@@H]1CCN1CCCN(C)C1=O. The number of urea groups is 1. The fraction of sp³-hybridized carbons (Fsp3) is 0.710. The van der Waals surface area contributed by atoms with Crippen LogP contribution >= 0.6 is 0 Å². The average Bonchev–Trinajstić information content (AvgIpc) is 3.55. The molecule has 1 aromatic carbocycles. The number of fused-ring (bicyclic) bond motifs is 1. The van der Waals surface area contributed by atoms with Gasteiger partial charge < -0.3 is 33.8 Å². The smallest absolute Gasteiger partial charge is 0.319 e. The second-order valence-electron chi connectivity index (χ2n) is 13.0. The number of hydrogen-bond donors (Lipinski definition) is 1. The number of rotatable bonds is 14. The molecule has 11 nitrogen and oxygen atoms in total. The summed E-state index contributed by atoms with van der Waals surface area (Å²) in [6, 6.07) is 5.22. The van der Waals surface area contributed by atoms with Crippen LogP contribution in [0.5, 0.6) is 11.5 Å². The summed E-state index contributed by atoms with van der Waals surface area (Å²) in [7, 11) is 8.26. The summed E-state index contributed by atoms with van der Waals surface area (Å²) in [4.78, 5) is 47.0. The van der Waals surface area contributed by atoms with E-state index in [1.165, 1.54) is 0 Å². The van der Waals surface area contributed by atoms with E-state index >= 15 is 0 Å². The lowest BCUT2D eigenvalue weighted by Gasteiger charge is -2.35. The van der Waals surface area contributed by atoms with Crippen LogP contribution in [-0.4, -0.2) is 140 Å². The zero-order valence-electron chi connectivity index (χ0n) is 26.1. The molecule has 3 amide bonds. The fourth-order valence-electron chi connectivity index (χ4n) is 6.48. The third-order valence-electron chi connectivity index (χ3n) is 8.80. The highest BCUT2D eigenvalue weighted by molar-refractivity contribution is 5.79. The van der Waals surface area contributed by atoms with E-state index in [1.54, 1.807) is 11.9 Å². The Balaban J connectivity index is 1.56. The van der Waals surface area contributed by atoms with Crippen LogP contribution in [0.25, 0.3) is 0 Å². The number of unbranched alkanes of at least 4 members (excludes halogenated alkanes) is 1. The highest BCUT2D eigenvalue weighted by Crippen LogP contribution is 2.42. The molecule has 3 atom stereocenters. The Morgan fingerprint density at radius 2 is 1.83 bits per heavy atom. The number of carboxylic acid groups (broad SMARTS) is 1. The summed E-state index contributed by atoms with van der Waals surface area (Å²) < 4.78 is 11.9. The molecule has 0 saturated carbocycles. The van der Waals surface area contributed by atoms with E-state index in [4.69, 9.17) is 9.47 Å². The highest BCUT2D eigenvalue weighted by Gasteiger charge is 2.47. The van der Waals surface area contributed by atoms with Gasteiger partial charge in [-0.3, -0.25) is 14.5 Å². The number of benzene rings is 1. The van der Waals surface area contributed by atoms with Gasteiger partial charge in [0.25, 0.3) is 0 Å². The molecular formula is C31H50N5O6+.